The van der Waals surface area contributed by atoms with Crippen LogP contribution in [0.5, 0.6) is 0 Å². The predicted molar refractivity (Wildman–Crippen MR) is 61.6 cm³/mol. The predicted octanol–water partition coefficient (Wildman–Crippen LogP) is 3.27. The van der Waals surface area contributed by atoms with E-state index in [1.165, 1.54) is 5.56 Å². The molecular weight excluding hydrogens is 184 g/mol. The third-order valence-electron chi connectivity index (χ3n) is 2.37. The van der Waals surface area contributed by atoms with Gasteiger partial charge < -0.3 is 0 Å². The quantitative estimate of drug-likeness (QED) is 0.740. The first kappa shape index (κ1) is 9.84. The fraction of sp³-hybridized carbons (Fsp3) is 0.231. The fourth-order valence-electron chi connectivity index (χ4n) is 1.60. The molecule has 0 atom stereocenters. The molecule has 2 aromatic rings. The Bertz CT molecular complexity index is 435. The second kappa shape index (κ2) is 4.22. The lowest BCUT2D eigenvalue weighted by Crippen LogP contribution is -1.96. The Kier molecular flexibility index (Phi) is 2.77. The van der Waals surface area contributed by atoms with Crippen LogP contribution in [0.25, 0.3) is 11.4 Å². The van der Waals surface area contributed by atoms with Gasteiger partial charge in [-0.2, -0.15) is 0 Å². The van der Waals surface area contributed by atoms with Gasteiger partial charge in [-0.1, -0.05) is 26.0 Å². The first-order chi connectivity index (χ1) is 7.29. The van der Waals surface area contributed by atoms with Crippen molar-refractivity contribution in [3.05, 3.63) is 48.3 Å². The van der Waals surface area contributed by atoms with Gasteiger partial charge in [0, 0.05) is 12.4 Å². The van der Waals surface area contributed by atoms with Crippen LogP contribution < -0.4 is 0 Å². The maximum absolute atomic E-state index is 4.41. The second-order valence-corrected chi connectivity index (χ2v) is 3.81. The zero-order valence-corrected chi connectivity index (χ0v) is 9.01. The molecule has 76 valence electrons. The minimum atomic E-state index is 0.468. The van der Waals surface area contributed by atoms with Crippen LogP contribution in [0.4, 0.5) is 0 Å². The first-order valence-corrected chi connectivity index (χ1v) is 5.15. The number of rotatable bonds is 2. The van der Waals surface area contributed by atoms with Gasteiger partial charge in [0.05, 0.1) is 11.4 Å². The molecule has 2 heterocycles. The monoisotopic (exact) mass is 198 g/mol. The van der Waals surface area contributed by atoms with Gasteiger partial charge in [0.2, 0.25) is 0 Å². The highest BCUT2D eigenvalue weighted by molar-refractivity contribution is 5.59. The molecule has 0 aliphatic rings. The average Bonchev–Trinajstić information content (AvgIpc) is 2.30. The zero-order valence-electron chi connectivity index (χ0n) is 9.01. The van der Waals surface area contributed by atoms with Crippen LogP contribution in [0, 0.1) is 0 Å². The Hall–Kier alpha value is -1.70. The fourth-order valence-corrected chi connectivity index (χ4v) is 1.60. The van der Waals surface area contributed by atoms with Gasteiger partial charge >= 0.3 is 0 Å². The summed E-state index contributed by atoms with van der Waals surface area (Å²) in [6, 6.07) is 9.99. The summed E-state index contributed by atoms with van der Waals surface area (Å²) in [7, 11) is 0. The Morgan fingerprint density at radius 1 is 0.933 bits per heavy atom. The Morgan fingerprint density at radius 2 is 1.73 bits per heavy atom. The number of pyridine rings is 2. The molecule has 0 radical (unpaired) electrons. The first-order valence-electron chi connectivity index (χ1n) is 5.15. The standard InChI is InChI=1S/C13H14N2/c1-10(2)11-6-5-9-15-13(11)12-7-3-4-8-14-12/h3-10H,1-2H3. The third kappa shape index (κ3) is 2.04. The smallest absolute Gasteiger partial charge is 0.0920 e. The summed E-state index contributed by atoms with van der Waals surface area (Å²) in [5.74, 6) is 0.468. The molecule has 0 fully saturated rings. The highest BCUT2D eigenvalue weighted by atomic mass is 14.8. The highest BCUT2D eigenvalue weighted by Gasteiger charge is 2.09. The number of aromatic nitrogens is 2. The number of nitrogens with zero attached hydrogens (tertiary/aromatic N) is 2. The summed E-state index contributed by atoms with van der Waals surface area (Å²) in [5, 5.41) is 0. The van der Waals surface area contributed by atoms with Crippen molar-refractivity contribution in [2.75, 3.05) is 0 Å². The van der Waals surface area contributed by atoms with Gasteiger partial charge in [0.1, 0.15) is 0 Å². The van der Waals surface area contributed by atoms with Gasteiger partial charge in [-0.25, -0.2) is 0 Å². The summed E-state index contributed by atoms with van der Waals surface area (Å²) in [4.78, 5) is 8.74. The largest absolute Gasteiger partial charge is 0.255 e. The van der Waals surface area contributed by atoms with Crippen molar-refractivity contribution in [3.63, 3.8) is 0 Å². The molecule has 2 nitrogen and oxygen atoms in total. The van der Waals surface area contributed by atoms with E-state index in [0.717, 1.165) is 11.4 Å². The summed E-state index contributed by atoms with van der Waals surface area (Å²) < 4.78 is 0. The van der Waals surface area contributed by atoms with E-state index < -0.39 is 0 Å². The maximum Gasteiger partial charge on any atom is 0.0920 e. The van der Waals surface area contributed by atoms with E-state index in [-0.39, 0.29) is 0 Å². The Morgan fingerprint density at radius 3 is 2.40 bits per heavy atom. The lowest BCUT2D eigenvalue weighted by atomic mass is 10.00. The van der Waals surface area contributed by atoms with Gasteiger partial charge in [0.15, 0.2) is 0 Å². The van der Waals surface area contributed by atoms with Crippen LogP contribution in [0.15, 0.2) is 42.7 Å². The molecule has 0 N–H and O–H groups in total. The molecule has 0 aliphatic heterocycles. The van der Waals surface area contributed by atoms with Crippen LogP contribution in [-0.4, -0.2) is 9.97 Å². The van der Waals surface area contributed by atoms with Crippen LogP contribution in [0.2, 0.25) is 0 Å². The zero-order chi connectivity index (χ0) is 10.7. The van der Waals surface area contributed by atoms with E-state index in [1.54, 1.807) is 6.20 Å². The maximum atomic E-state index is 4.41. The third-order valence-corrected chi connectivity index (χ3v) is 2.37. The Labute approximate surface area is 90.0 Å². The van der Waals surface area contributed by atoms with Gasteiger partial charge in [-0.3, -0.25) is 9.97 Å². The minimum Gasteiger partial charge on any atom is -0.255 e. The van der Waals surface area contributed by atoms with Gasteiger partial charge in [-0.05, 0) is 29.7 Å². The van der Waals surface area contributed by atoms with Crippen molar-refractivity contribution in [2.24, 2.45) is 0 Å². The summed E-state index contributed by atoms with van der Waals surface area (Å²) in [6.45, 7) is 4.34. The topological polar surface area (TPSA) is 25.8 Å². The summed E-state index contributed by atoms with van der Waals surface area (Å²) in [5.41, 5.74) is 3.19. The van der Waals surface area contributed by atoms with E-state index in [4.69, 9.17) is 0 Å². The molecular formula is C13H14N2. The number of hydrogen-bond acceptors (Lipinski definition) is 2. The molecule has 0 unspecified atom stereocenters. The summed E-state index contributed by atoms with van der Waals surface area (Å²) >= 11 is 0. The van der Waals surface area contributed by atoms with Gasteiger partial charge in [0.25, 0.3) is 0 Å². The van der Waals surface area contributed by atoms with E-state index in [0.29, 0.717) is 5.92 Å². The van der Waals surface area contributed by atoms with Crippen molar-refractivity contribution < 1.29 is 0 Å². The van der Waals surface area contributed by atoms with Crippen molar-refractivity contribution in [1.82, 2.24) is 9.97 Å². The molecule has 2 rings (SSSR count). The van der Waals surface area contributed by atoms with E-state index in [9.17, 15) is 0 Å². The molecule has 2 heteroatoms. The van der Waals surface area contributed by atoms with Crippen molar-refractivity contribution >= 4 is 0 Å². The molecule has 0 spiro atoms. The van der Waals surface area contributed by atoms with Crippen LogP contribution in [0.3, 0.4) is 0 Å². The van der Waals surface area contributed by atoms with E-state index in [1.807, 2.05) is 30.5 Å². The van der Waals surface area contributed by atoms with Crippen LogP contribution in [0.1, 0.15) is 25.3 Å². The Balaban J connectivity index is 2.53. The molecule has 0 aliphatic carbocycles. The minimum absolute atomic E-state index is 0.468. The molecule has 0 bridgehead atoms. The van der Waals surface area contributed by atoms with Crippen LogP contribution in [-0.2, 0) is 0 Å². The second-order valence-electron chi connectivity index (χ2n) is 3.81. The lowest BCUT2D eigenvalue weighted by Gasteiger charge is -2.10. The van der Waals surface area contributed by atoms with E-state index >= 15 is 0 Å². The average molecular weight is 198 g/mol. The van der Waals surface area contributed by atoms with Gasteiger partial charge in [-0.15, -0.1) is 0 Å². The molecule has 0 amide bonds. The van der Waals surface area contributed by atoms with Crippen molar-refractivity contribution in [1.29, 1.82) is 0 Å². The SMILES string of the molecule is CC(C)c1cccnc1-c1ccccn1. The molecule has 0 saturated heterocycles. The molecule has 15 heavy (non-hydrogen) atoms. The lowest BCUT2D eigenvalue weighted by molar-refractivity contribution is 0.860. The highest BCUT2D eigenvalue weighted by Crippen LogP contribution is 2.24. The van der Waals surface area contributed by atoms with Crippen LogP contribution >= 0.6 is 0 Å². The summed E-state index contributed by atoms with van der Waals surface area (Å²) in [6.07, 6.45) is 3.62. The normalized spacial score (nSPS) is 10.6. The van der Waals surface area contributed by atoms with Crippen molar-refractivity contribution in [2.45, 2.75) is 19.8 Å². The number of hydrogen-bond donors (Lipinski definition) is 0. The molecule has 2 aromatic heterocycles. The van der Waals surface area contributed by atoms with E-state index in [2.05, 4.69) is 29.9 Å². The van der Waals surface area contributed by atoms with Crippen molar-refractivity contribution in [3.8, 4) is 11.4 Å². The molecule has 0 aromatic carbocycles. The molecule has 0 saturated carbocycles.